The molecule has 2 unspecified atom stereocenters. The van der Waals surface area contributed by atoms with Crippen molar-refractivity contribution in [2.45, 2.75) is 31.9 Å². The molecule has 1 saturated heterocycles. The fraction of sp³-hybridized carbons (Fsp3) is 0.538. The van der Waals surface area contributed by atoms with Gasteiger partial charge in [0.05, 0.1) is 12.1 Å². The van der Waals surface area contributed by atoms with Gasteiger partial charge in [-0.25, -0.2) is 0 Å². The summed E-state index contributed by atoms with van der Waals surface area (Å²) >= 11 is 3.44. The molecule has 16 heavy (non-hydrogen) atoms. The summed E-state index contributed by atoms with van der Waals surface area (Å²) in [7, 11) is 0. The van der Waals surface area contributed by atoms with Gasteiger partial charge in [-0.15, -0.1) is 0 Å². The van der Waals surface area contributed by atoms with E-state index in [0.717, 1.165) is 30.4 Å². The SMILES string of the molecule is CCN1CCCC(O)C1c1ccc(Br)cc1. The minimum Gasteiger partial charge on any atom is -0.391 e. The van der Waals surface area contributed by atoms with Crippen LogP contribution in [0, 0.1) is 0 Å². The summed E-state index contributed by atoms with van der Waals surface area (Å²) in [5, 5.41) is 10.1. The summed E-state index contributed by atoms with van der Waals surface area (Å²) in [5.41, 5.74) is 1.22. The van der Waals surface area contributed by atoms with Gasteiger partial charge in [-0.3, -0.25) is 4.90 Å². The maximum atomic E-state index is 10.1. The predicted octanol–water partition coefficient (Wildman–Crippen LogP) is 2.97. The van der Waals surface area contributed by atoms with E-state index in [-0.39, 0.29) is 12.1 Å². The highest BCUT2D eigenvalue weighted by Gasteiger charge is 2.30. The average molecular weight is 284 g/mol. The molecule has 0 amide bonds. The van der Waals surface area contributed by atoms with Gasteiger partial charge in [0.25, 0.3) is 0 Å². The lowest BCUT2D eigenvalue weighted by Gasteiger charge is -2.38. The topological polar surface area (TPSA) is 23.5 Å². The van der Waals surface area contributed by atoms with Crippen molar-refractivity contribution in [3.63, 3.8) is 0 Å². The Morgan fingerprint density at radius 2 is 2.06 bits per heavy atom. The Kier molecular flexibility index (Phi) is 4.00. The van der Waals surface area contributed by atoms with Crippen molar-refractivity contribution in [2.75, 3.05) is 13.1 Å². The Balaban J connectivity index is 2.24. The molecule has 0 bridgehead atoms. The van der Waals surface area contributed by atoms with Crippen LogP contribution in [0.15, 0.2) is 28.7 Å². The molecule has 1 fully saturated rings. The van der Waals surface area contributed by atoms with Gasteiger partial charge in [-0.2, -0.15) is 0 Å². The van der Waals surface area contributed by atoms with Gasteiger partial charge in [0.2, 0.25) is 0 Å². The summed E-state index contributed by atoms with van der Waals surface area (Å²) < 4.78 is 1.09. The van der Waals surface area contributed by atoms with Crippen molar-refractivity contribution in [1.29, 1.82) is 0 Å². The monoisotopic (exact) mass is 283 g/mol. The molecule has 1 N–H and O–H groups in total. The van der Waals surface area contributed by atoms with Crippen molar-refractivity contribution in [2.24, 2.45) is 0 Å². The third-order valence-electron chi connectivity index (χ3n) is 3.32. The van der Waals surface area contributed by atoms with Gasteiger partial charge in [0.1, 0.15) is 0 Å². The predicted molar refractivity (Wildman–Crippen MR) is 69.4 cm³/mol. The van der Waals surface area contributed by atoms with Crippen LogP contribution >= 0.6 is 15.9 Å². The van der Waals surface area contributed by atoms with Crippen LogP contribution < -0.4 is 0 Å². The highest BCUT2D eigenvalue weighted by atomic mass is 79.9. The van der Waals surface area contributed by atoms with E-state index in [1.54, 1.807) is 0 Å². The van der Waals surface area contributed by atoms with Crippen LogP contribution in [-0.4, -0.2) is 29.2 Å². The molecule has 0 aliphatic carbocycles. The van der Waals surface area contributed by atoms with Crippen molar-refractivity contribution in [3.05, 3.63) is 34.3 Å². The lowest BCUT2D eigenvalue weighted by atomic mass is 9.92. The van der Waals surface area contributed by atoms with Crippen LogP contribution in [0.4, 0.5) is 0 Å². The Hall–Kier alpha value is -0.380. The summed E-state index contributed by atoms with van der Waals surface area (Å²) in [6.07, 6.45) is 1.79. The van der Waals surface area contributed by atoms with Crippen LogP contribution in [0.3, 0.4) is 0 Å². The fourth-order valence-corrected chi connectivity index (χ4v) is 2.76. The largest absolute Gasteiger partial charge is 0.391 e. The summed E-state index contributed by atoms with van der Waals surface area (Å²) in [6, 6.07) is 8.47. The zero-order chi connectivity index (χ0) is 11.5. The number of halogens is 1. The molecule has 0 aromatic heterocycles. The van der Waals surface area contributed by atoms with Gasteiger partial charge >= 0.3 is 0 Å². The quantitative estimate of drug-likeness (QED) is 0.902. The average Bonchev–Trinajstić information content (AvgIpc) is 2.30. The lowest BCUT2D eigenvalue weighted by Crippen LogP contribution is -2.41. The lowest BCUT2D eigenvalue weighted by molar-refractivity contribution is 0.0126. The molecule has 1 aromatic carbocycles. The Labute approximate surface area is 105 Å². The number of aliphatic hydroxyl groups excluding tert-OH is 1. The third kappa shape index (κ3) is 2.47. The van der Waals surface area contributed by atoms with E-state index in [2.05, 4.69) is 39.9 Å². The molecule has 0 spiro atoms. The van der Waals surface area contributed by atoms with Crippen molar-refractivity contribution in [3.8, 4) is 0 Å². The van der Waals surface area contributed by atoms with E-state index in [1.807, 2.05) is 12.1 Å². The minimum absolute atomic E-state index is 0.173. The number of likely N-dealkylation sites (tertiary alicyclic amines) is 1. The summed E-state index contributed by atoms with van der Waals surface area (Å²) in [6.45, 7) is 4.25. The Morgan fingerprint density at radius 3 is 2.69 bits per heavy atom. The third-order valence-corrected chi connectivity index (χ3v) is 3.85. The molecule has 0 saturated carbocycles. The highest BCUT2D eigenvalue weighted by molar-refractivity contribution is 9.10. The number of hydrogen-bond acceptors (Lipinski definition) is 2. The van der Waals surface area contributed by atoms with E-state index >= 15 is 0 Å². The van der Waals surface area contributed by atoms with Gasteiger partial charge in [-0.1, -0.05) is 35.0 Å². The maximum Gasteiger partial charge on any atom is 0.0737 e. The van der Waals surface area contributed by atoms with Crippen molar-refractivity contribution < 1.29 is 5.11 Å². The molecule has 1 aliphatic rings. The van der Waals surface area contributed by atoms with Crippen molar-refractivity contribution >= 4 is 15.9 Å². The maximum absolute atomic E-state index is 10.1. The van der Waals surface area contributed by atoms with Crippen LogP contribution in [0.1, 0.15) is 31.4 Å². The van der Waals surface area contributed by atoms with E-state index in [4.69, 9.17) is 0 Å². The first-order chi connectivity index (χ1) is 7.72. The number of hydrogen-bond donors (Lipinski definition) is 1. The van der Waals surface area contributed by atoms with Gasteiger partial charge < -0.3 is 5.11 Å². The zero-order valence-electron chi connectivity index (χ0n) is 9.56. The number of rotatable bonds is 2. The van der Waals surface area contributed by atoms with Gasteiger partial charge in [-0.05, 0) is 43.6 Å². The molecule has 1 aliphatic heterocycles. The smallest absolute Gasteiger partial charge is 0.0737 e. The second kappa shape index (κ2) is 5.30. The fourth-order valence-electron chi connectivity index (χ4n) is 2.49. The molecule has 88 valence electrons. The second-order valence-corrected chi connectivity index (χ2v) is 5.25. The van der Waals surface area contributed by atoms with Crippen molar-refractivity contribution in [1.82, 2.24) is 4.90 Å². The number of piperidine rings is 1. The van der Waals surface area contributed by atoms with Crippen LogP contribution in [0.25, 0.3) is 0 Å². The molecule has 2 rings (SSSR count). The molecular formula is C13H18BrNO. The first-order valence-corrected chi connectivity index (χ1v) is 6.69. The summed E-state index contributed by atoms with van der Waals surface area (Å²) in [5.74, 6) is 0. The minimum atomic E-state index is -0.227. The van der Waals surface area contributed by atoms with Gasteiger partial charge in [0.15, 0.2) is 0 Å². The number of benzene rings is 1. The zero-order valence-corrected chi connectivity index (χ0v) is 11.2. The number of aliphatic hydroxyl groups is 1. The number of likely N-dealkylation sites (N-methyl/N-ethyl adjacent to an activating group) is 1. The van der Waals surface area contributed by atoms with E-state index in [0.29, 0.717) is 0 Å². The van der Waals surface area contributed by atoms with E-state index in [9.17, 15) is 5.11 Å². The molecule has 1 aromatic rings. The Morgan fingerprint density at radius 1 is 1.38 bits per heavy atom. The number of nitrogens with zero attached hydrogens (tertiary/aromatic N) is 1. The molecule has 0 radical (unpaired) electrons. The molecule has 3 heteroatoms. The molecule has 2 nitrogen and oxygen atoms in total. The van der Waals surface area contributed by atoms with Crippen LogP contribution in [0.2, 0.25) is 0 Å². The first kappa shape index (κ1) is 12.1. The standard InChI is InChI=1S/C13H18BrNO/c1-2-15-9-3-4-12(16)13(15)10-5-7-11(14)8-6-10/h5-8,12-13,16H,2-4,9H2,1H3. The normalized spacial score (nSPS) is 26.9. The highest BCUT2D eigenvalue weighted by Crippen LogP contribution is 2.31. The van der Waals surface area contributed by atoms with Crippen LogP contribution in [-0.2, 0) is 0 Å². The molecule has 1 heterocycles. The second-order valence-electron chi connectivity index (χ2n) is 4.33. The molecular weight excluding hydrogens is 266 g/mol. The molecule has 2 atom stereocenters. The van der Waals surface area contributed by atoms with E-state index in [1.165, 1.54) is 5.56 Å². The van der Waals surface area contributed by atoms with Gasteiger partial charge in [0, 0.05) is 4.47 Å². The summed E-state index contributed by atoms with van der Waals surface area (Å²) in [4.78, 5) is 2.36. The Bertz CT molecular complexity index is 338. The first-order valence-electron chi connectivity index (χ1n) is 5.90. The van der Waals surface area contributed by atoms with E-state index < -0.39 is 0 Å². The van der Waals surface area contributed by atoms with Crippen LogP contribution in [0.5, 0.6) is 0 Å².